The van der Waals surface area contributed by atoms with Crippen LogP contribution in [0.5, 0.6) is 0 Å². The van der Waals surface area contributed by atoms with E-state index >= 15 is 0 Å². The van der Waals surface area contributed by atoms with Crippen LogP contribution in [0.25, 0.3) is 0 Å². The highest BCUT2D eigenvalue weighted by atomic mass is 35.5. The number of rotatable bonds is 6. The normalized spacial score (nSPS) is 17.3. The van der Waals surface area contributed by atoms with E-state index in [2.05, 4.69) is 30.7 Å². The van der Waals surface area contributed by atoms with Gasteiger partial charge in [-0.05, 0) is 67.5 Å². The first-order valence-corrected chi connectivity index (χ1v) is 11.4. The number of aliphatic carboxylic acids is 1. The predicted octanol–water partition coefficient (Wildman–Crippen LogP) is 4.20. The lowest BCUT2D eigenvalue weighted by atomic mass is 9.57. The molecule has 1 aliphatic carbocycles. The molecule has 1 amide bonds. The zero-order chi connectivity index (χ0) is 23.7. The third-order valence-corrected chi connectivity index (χ3v) is 6.83. The van der Waals surface area contributed by atoms with Gasteiger partial charge in [-0.25, -0.2) is 4.98 Å². The molecule has 3 heterocycles. The fraction of sp³-hybridized carbons (Fsp3) is 0.348. The molecule has 3 aromatic rings. The molecule has 1 aliphatic heterocycles. The van der Waals surface area contributed by atoms with Gasteiger partial charge in [0.15, 0.2) is 0 Å². The van der Waals surface area contributed by atoms with Gasteiger partial charge in [-0.3, -0.25) is 9.59 Å². The Labute approximate surface area is 200 Å². The number of benzene rings is 1. The number of carbonyl (C=O) groups excluding carboxylic acids is 1. The van der Waals surface area contributed by atoms with Gasteiger partial charge in [-0.1, -0.05) is 16.7 Å². The summed E-state index contributed by atoms with van der Waals surface area (Å²) in [5, 5.41) is 23.0. The van der Waals surface area contributed by atoms with Crippen LogP contribution in [-0.4, -0.2) is 45.3 Å². The Kier molecular flexibility index (Phi) is 5.82. The van der Waals surface area contributed by atoms with Gasteiger partial charge >= 0.3 is 23.8 Å². The molecule has 176 valence electrons. The first kappa shape index (κ1) is 22.1. The Morgan fingerprint density at radius 3 is 2.41 bits per heavy atom. The van der Waals surface area contributed by atoms with Gasteiger partial charge in [-0.15, -0.1) is 5.10 Å². The van der Waals surface area contributed by atoms with Crippen LogP contribution in [0.2, 0.25) is 5.02 Å². The Balaban J connectivity index is 1.14. The molecule has 3 N–H and O–H groups in total. The van der Waals surface area contributed by atoms with Gasteiger partial charge in [0, 0.05) is 23.8 Å². The van der Waals surface area contributed by atoms with Gasteiger partial charge < -0.3 is 25.1 Å². The van der Waals surface area contributed by atoms with E-state index in [9.17, 15) is 9.59 Å². The first-order valence-electron chi connectivity index (χ1n) is 11.0. The summed E-state index contributed by atoms with van der Waals surface area (Å²) in [6, 6.07) is 10.7. The Morgan fingerprint density at radius 1 is 1.06 bits per heavy atom. The van der Waals surface area contributed by atoms with Crippen molar-refractivity contribution in [3.63, 3.8) is 0 Å². The van der Waals surface area contributed by atoms with E-state index in [1.54, 1.807) is 36.5 Å². The molecule has 10 nitrogen and oxygen atoms in total. The van der Waals surface area contributed by atoms with E-state index in [4.69, 9.17) is 21.1 Å². The van der Waals surface area contributed by atoms with Crippen LogP contribution >= 0.6 is 11.6 Å². The number of carboxylic acid groups (broad SMARTS) is 1. The highest BCUT2D eigenvalue weighted by Crippen LogP contribution is 2.52. The van der Waals surface area contributed by atoms with Crippen LogP contribution in [0.3, 0.4) is 0 Å². The fourth-order valence-electron chi connectivity index (χ4n) is 4.63. The summed E-state index contributed by atoms with van der Waals surface area (Å²) >= 11 is 5.87. The number of nitrogens with one attached hydrogen (secondary N) is 2. The molecule has 34 heavy (non-hydrogen) atoms. The second-order valence-corrected chi connectivity index (χ2v) is 9.27. The standard InChI is InChI=1S/C23H23ClN6O4/c24-15-1-3-16(4-2-15)27-22-29-28-20(34-22)19(31)26-17-5-6-18(25-13-17)30-9-7-23(8-10-30)11-14(12-23)21(32)33/h1-6,13-14H,7-12H2,(H,26,31)(H,27,29)(H,32,33). The van der Waals surface area contributed by atoms with Crippen LogP contribution in [-0.2, 0) is 4.79 Å². The predicted molar refractivity (Wildman–Crippen MR) is 125 cm³/mol. The fourth-order valence-corrected chi connectivity index (χ4v) is 4.76. The number of nitrogens with zero attached hydrogens (tertiary/aromatic N) is 4. The Morgan fingerprint density at radius 2 is 1.76 bits per heavy atom. The number of carbonyl (C=O) groups is 2. The molecule has 0 bridgehead atoms. The van der Waals surface area contributed by atoms with Gasteiger partial charge in [0.05, 0.1) is 17.8 Å². The van der Waals surface area contributed by atoms with Crippen molar-refractivity contribution in [1.29, 1.82) is 0 Å². The minimum absolute atomic E-state index is 0.0879. The molecule has 1 saturated heterocycles. The van der Waals surface area contributed by atoms with Crippen molar-refractivity contribution in [3.05, 3.63) is 53.5 Å². The van der Waals surface area contributed by atoms with Crippen LogP contribution in [0.15, 0.2) is 47.0 Å². The number of anilines is 4. The van der Waals surface area contributed by atoms with Crippen molar-refractivity contribution in [3.8, 4) is 0 Å². The molecular formula is C23H23ClN6O4. The van der Waals surface area contributed by atoms with E-state index in [1.165, 1.54) is 0 Å². The largest absolute Gasteiger partial charge is 0.481 e. The lowest BCUT2D eigenvalue weighted by molar-refractivity contribution is -0.151. The maximum absolute atomic E-state index is 12.5. The monoisotopic (exact) mass is 482 g/mol. The molecule has 1 aromatic carbocycles. The summed E-state index contributed by atoms with van der Waals surface area (Å²) in [4.78, 5) is 30.2. The summed E-state index contributed by atoms with van der Waals surface area (Å²) in [7, 11) is 0. The van der Waals surface area contributed by atoms with Crippen LogP contribution < -0.4 is 15.5 Å². The quantitative estimate of drug-likeness (QED) is 0.472. The second-order valence-electron chi connectivity index (χ2n) is 8.83. The van der Waals surface area contributed by atoms with Crippen molar-refractivity contribution in [2.45, 2.75) is 25.7 Å². The number of halogens is 1. The average molecular weight is 483 g/mol. The maximum atomic E-state index is 12.5. The molecule has 2 fully saturated rings. The van der Waals surface area contributed by atoms with Gasteiger partial charge in [0.25, 0.3) is 0 Å². The number of hydrogen-bond acceptors (Lipinski definition) is 8. The molecule has 2 aliphatic rings. The Bertz CT molecular complexity index is 1180. The number of aromatic nitrogens is 3. The van der Waals surface area contributed by atoms with Crippen molar-refractivity contribution in [2.24, 2.45) is 11.3 Å². The number of amides is 1. The SMILES string of the molecule is O=C(Nc1ccc(N2CCC3(CC2)CC(C(=O)O)C3)nc1)c1nnc(Nc2ccc(Cl)cc2)o1. The highest BCUT2D eigenvalue weighted by Gasteiger charge is 2.48. The van der Waals surface area contributed by atoms with Gasteiger partial charge in [0.1, 0.15) is 5.82 Å². The third kappa shape index (κ3) is 4.67. The highest BCUT2D eigenvalue weighted by molar-refractivity contribution is 6.30. The summed E-state index contributed by atoms with van der Waals surface area (Å²) in [5.74, 6) is -0.752. The van der Waals surface area contributed by atoms with E-state index in [0.717, 1.165) is 44.6 Å². The number of piperidine rings is 1. The molecule has 1 spiro atoms. The maximum Gasteiger partial charge on any atom is 0.320 e. The molecule has 2 aromatic heterocycles. The minimum atomic E-state index is -0.679. The topological polar surface area (TPSA) is 133 Å². The van der Waals surface area contributed by atoms with Crippen molar-refractivity contribution < 1.29 is 19.1 Å². The zero-order valence-electron chi connectivity index (χ0n) is 18.2. The first-order chi connectivity index (χ1) is 16.4. The number of hydrogen-bond donors (Lipinski definition) is 3. The number of carboxylic acids is 1. The molecular weight excluding hydrogens is 460 g/mol. The summed E-state index contributed by atoms with van der Waals surface area (Å²) in [6.45, 7) is 1.69. The third-order valence-electron chi connectivity index (χ3n) is 6.58. The average Bonchev–Trinajstić information content (AvgIpc) is 3.28. The van der Waals surface area contributed by atoms with Crippen LogP contribution in [0.4, 0.5) is 23.2 Å². The van der Waals surface area contributed by atoms with E-state index in [1.807, 2.05) is 6.07 Å². The van der Waals surface area contributed by atoms with Crippen molar-refractivity contribution in [1.82, 2.24) is 15.2 Å². The van der Waals surface area contributed by atoms with Crippen molar-refractivity contribution >= 4 is 46.7 Å². The Hall–Kier alpha value is -3.66. The molecule has 0 unspecified atom stereocenters. The molecule has 0 radical (unpaired) electrons. The lowest BCUT2D eigenvalue weighted by Crippen LogP contribution is -2.49. The summed E-state index contributed by atoms with van der Waals surface area (Å²) in [6.07, 6.45) is 5.09. The van der Waals surface area contributed by atoms with Crippen molar-refractivity contribution in [2.75, 3.05) is 28.6 Å². The molecule has 1 saturated carbocycles. The lowest BCUT2D eigenvalue weighted by Gasteiger charge is -2.51. The number of pyridine rings is 1. The summed E-state index contributed by atoms with van der Waals surface area (Å²) < 4.78 is 5.38. The van der Waals surface area contributed by atoms with Gasteiger partial charge in [-0.2, -0.15) is 0 Å². The smallest absolute Gasteiger partial charge is 0.320 e. The summed E-state index contributed by atoms with van der Waals surface area (Å²) in [5.41, 5.74) is 1.39. The van der Waals surface area contributed by atoms with E-state index < -0.39 is 11.9 Å². The molecule has 0 atom stereocenters. The second kappa shape index (κ2) is 8.94. The van der Waals surface area contributed by atoms with E-state index in [-0.39, 0.29) is 23.2 Å². The minimum Gasteiger partial charge on any atom is -0.481 e. The van der Waals surface area contributed by atoms with E-state index in [0.29, 0.717) is 16.4 Å². The molecule has 11 heteroatoms. The zero-order valence-corrected chi connectivity index (χ0v) is 19.0. The van der Waals surface area contributed by atoms with Gasteiger partial charge in [0.2, 0.25) is 0 Å². The molecule has 5 rings (SSSR count). The van der Waals surface area contributed by atoms with Crippen LogP contribution in [0, 0.1) is 11.3 Å². The van der Waals surface area contributed by atoms with Crippen LogP contribution in [0.1, 0.15) is 36.4 Å².